The van der Waals surface area contributed by atoms with E-state index in [-0.39, 0.29) is 5.79 Å². The molecule has 2 heterocycles. The van der Waals surface area contributed by atoms with E-state index in [0.717, 1.165) is 45.3 Å². The summed E-state index contributed by atoms with van der Waals surface area (Å²) in [4.78, 5) is 4.67. The second-order valence-corrected chi connectivity index (χ2v) is 6.57. The van der Waals surface area contributed by atoms with Gasteiger partial charge in [-0.05, 0) is 39.2 Å². The molecule has 1 saturated heterocycles. The highest BCUT2D eigenvalue weighted by molar-refractivity contribution is 5.18. The van der Waals surface area contributed by atoms with Crippen molar-refractivity contribution in [2.24, 2.45) is 0 Å². The molecule has 0 amide bonds. The summed E-state index contributed by atoms with van der Waals surface area (Å²) in [6.07, 6.45) is 9.93. The van der Waals surface area contributed by atoms with E-state index in [1.165, 1.54) is 24.2 Å². The highest BCUT2D eigenvalue weighted by atomic mass is 16.7. The molecule has 2 atom stereocenters. The standard InChI is InChI=1S/C16H25N3O2/c1-17-12-6-7-16(20-8-9-21-16)10-15(12)19-11-18-13-4-2-3-5-14(13)19/h11-12,15,17H,2-10H2,1H3. The van der Waals surface area contributed by atoms with Crippen molar-refractivity contribution in [1.82, 2.24) is 14.9 Å². The van der Waals surface area contributed by atoms with Gasteiger partial charge in [0, 0.05) is 24.6 Å². The zero-order valence-electron chi connectivity index (χ0n) is 12.8. The molecule has 0 bridgehead atoms. The molecular weight excluding hydrogens is 266 g/mol. The van der Waals surface area contributed by atoms with Gasteiger partial charge in [-0.15, -0.1) is 0 Å². The first-order valence-electron chi connectivity index (χ1n) is 8.31. The van der Waals surface area contributed by atoms with Crippen molar-refractivity contribution < 1.29 is 9.47 Å². The Morgan fingerprint density at radius 2 is 2.10 bits per heavy atom. The van der Waals surface area contributed by atoms with E-state index >= 15 is 0 Å². The molecule has 2 fully saturated rings. The van der Waals surface area contributed by atoms with Crippen LogP contribution in [-0.4, -0.2) is 41.6 Å². The predicted octanol–water partition coefficient (Wildman–Crippen LogP) is 1.82. The highest BCUT2D eigenvalue weighted by Crippen LogP contribution is 2.42. The van der Waals surface area contributed by atoms with E-state index in [2.05, 4.69) is 28.2 Å². The van der Waals surface area contributed by atoms with Crippen LogP contribution >= 0.6 is 0 Å². The molecule has 0 aromatic carbocycles. The van der Waals surface area contributed by atoms with Crippen LogP contribution in [0.1, 0.15) is 49.5 Å². The SMILES string of the molecule is CNC1CCC2(CC1n1cnc3c1CCCC3)OCCO2. The van der Waals surface area contributed by atoms with Crippen molar-refractivity contribution >= 4 is 0 Å². The van der Waals surface area contributed by atoms with Gasteiger partial charge in [-0.1, -0.05) is 0 Å². The van der Waals surface area contributed by atoms with Crippen molar-refractivity contribution in [3.8, 4) is 0 Å². The molecule has 21 heavy (non-hydrogen) atoms. The third-order valence-electron chi connectivity index (χ3n) is 5.42. The first-order valence-corrected chi connectivity index (χ1v) is 8.31. The molecule has 1 aromatic heterocycles. The van der Waals surface area contributed by atoms with Crippen LogP contribution in [0.5, 0.6) is 0 Å². The molecule has 1 spiro atoms. The molecular formula is C16H25N3O2. The maximum atomic E-state index is 5.96. The molecule has 1 aliphatic heterocycles. The second-order valence-electron chi connectivity index (χ2n) is 6.57. The van der Waals surface area contributed by atoms with E-state index in [0.29, 0.717) is 12.1 Å². The van der Waals surface area contributed by atoms with Gasteiger partial charge < -0.3 is 19.4 Å². The zero-order chi connectivity index (χ0) is 14.3. The summed E-state index contributed by atoms with van der Waals surface area (Å²) < 4.78 is 14.3. The monoisotopic (exact) mass is 291 g/mol. The lowest BCUT2D eigenvalue weighted by atomic mass is 9.85. The molecule has 1 aromatic rings. The van der Waals surface area contributed by atoms with Gasteiger partial charge >= 0.3 is 0 Å². The number of aromatic nitrogens is 2. The number of likely N-dealkylation sites (N-methyl/N-ethyl adjacent to an activating group) is 1. The van der Waals surface area contributed by atoms with Crippen molar-refractivity contribution in [2.45, 2.75) is 62.8 Å². The van der Waals surface area contributed by atoms with Gasteiger partial charge in [0.05, 0.1) is 31.3 Å². The van der Waals surface area contributed by atoms with Crippen LogP contribution in [0.25, 0.3) is 0 Å². The molecule has 5 heteroatoms. The van der Waals surface area contributed by atoms with Gasteiger partial charge in [0.1, 0.15) is 0 Å². The number of aryl methyl sites for hydroxylation is 1. The predicted molar refractivity (Wildman–Crippen MR) is 79.2 cm³/mol. The van der Waals surface area contributed by atoms with Gasteiger partial charge in [0.2, 0.25) is 0 Å². The Morgan fingerprint density at radius 3 is 2.90 bits per heavy atom. The van der Waals surface area contributed by atoms with Crippen LogP contribution in [0.4, 0.5) is 0 Å². The van der Waals surface area contributed by atoms with Gasteiger partial charge in [0.15, 0.2) is 5.79 Å². The fraction of sp³-hybridized carbons (Fsp3) is 0.812. The normalized spacial score (nSPS) is 31.5. The first-order chi connectivity index (χ1) is 10.3. The number of imidazole rings is 1. The third-order valence-corrected chi connectivity index (χ3v) is 5.42. The lowest BCUT2D eigenvalue weighted by Gasteiger charge is -2.42. The smallest absolute Gasteiger partial charge is 0.170 e. The second kappa shape index (κ2) is 5.38. The fourth-order valence-corrected chi connectivity index (χ4v) is 4.30. The minimum Gasteiger partial charge on any atom is -0.347 e. The minimum atomic E-state index is -0.343. The lowest BCUT2D eigenvalue weighted by molar-refractivity contribution is -0.188. The Morgan fingerprint density at radius 1 is 1.29 bits per heavy atom. The van der Waals surface area contributed by atoms with Crippen molar-refractivity contribution in [3.63, 3.8) is 0 Å². The molecule has 0 radical (unpaired) electrons. The summed E-state index contributed by atoms with van der Waals surface area (Å²) in [6.45, 7) is 1.47. The lowest BCUT2D eigenvalue weighted by Crippen LogP contribution is -2.48. The Kier molecular flexibility index (Phi) is 3.52. The van der Waals surface area contributed by atoms with Gasteiger partial charge in [-0.25, -0.2) is 4.98 Å². The zero-order valence-corrected chi connectivity index (χ0v) is 12.8. The molecule has 116 valence electrons. The molecule has 4 rings (SSSR count). The number of hydrogen-bond donors (Lipinski definition) is 1. The van der Waals surface area contributed by atoms with E-state index < -0.39 is 0 Å². The topological polar surface area (TPSA) is 48.3 Å². The summed E-state index contributed by atoms with van der Waals surface area (Å²) in [5.41, 5.74) is 2.76. The minimum absolute atomic E-state index is 0.343. The summed E-state index contributed by atoms with van der Waals surface area (Å²) in [5.74, 6) is -0.343. The van der Waals surface area contributed by atoms with Crippen molar-refractivity contribution in [2.75, 3.05) is 20.3 Å². The van der Waals surface area contributed by atoms with Crippen LogP contribution < -0.4 is 5.32 Å². The Hall–Kier alpha value is -0.910. The number of nitrogens with zero attached hydrogens (tertiary/aromatic N) is 2. The number of ether oxygens (including phenoxy) is 2. The quantitative estimate of drug-likeness (QED) is 0.903. The van der Waals surface area contributed by atoms with E-state index in [4.69, 9.17) is 9.47 Å². The largest absolute Gasteiger partial charge is 0.347 e. The van der Waals surface area contributed by atoms with Crippen molar-refractivity contribution in [1.29, 1.82) is 0 Å². The van der Waals surface area contributed by atoms with E-state index in [1.807, 2.05) is 0 Å². The molecule has 2 aliphatic carbocycles. The fourth-order valence-electron chi connectivity index (χ4n) is 4.30. The van der Waals surface area contributed by atoms with E-state index in [1.54, 1.807) is 0 Å². The number of hydrogen-bond acceptors (Lipinski definition) is 4. The number of fused-ring (bicyclic) bond motifs is 1. The Labute approximate surface area is 126 Å². The molecule has 5 nitrogen and oxygen atoms in total. The first kappa shape index (κ1) is 13.7. The Bertz CT molecular complexity index is 508. The average molecular weight is 291 g/mol. The summed E-state index contributed by atoms with van der Waals surface area (Å²) in [6, 6.07) is 0.861. The number of nitrogens with one attached hydrogen (secondary N) is 1. The summed E-state index contributed by atoms with van der Waals surface area (Å²) in [7, 11) is 2.06. The van der Waals surface area contributed by atoms with Crippen LogP contribution in [0, 0.1) is 0 Å². The Balaban J connectivity index is 1.65. The average Bonchev–Trinajstić information content (AvgIpc) is 3.14. The summed E-state index contributed by atoms with van der Waals surface area (Å²) in [5, 5.41) is 3.50. The molecule has 2 unspecified atom stereocenters. The van der Waals surface area contributed by atoms with E-state index in [9.17, 15) is 0 Å². The maximum absolute atomic E-state index is 5.96. The van der Waals surface area contributed by atoms with Crippen LogP contribution in [0.3, 0.4) is 0 Å². The van der Waals surface area contributed by atoms with Crippen LogP contribution in [0.15, 0.2) is 6.33 Å². The molecule has 1 N–H and O–H groups in total. The summed E-state index contributed by atoms with van der Waals surface area (Å²) >= 11 is 0. The van der Waals surface area contributed by atoms with Gasteiger partial charge in [-0.2, -0.15) is 0 Å². The van der Waals surface area contributed by atoms with Gasteiger partial charge in [0.25, 0.3) is 0 Å². The highest BCUT2D eigenvalue weighted by Gasteiger charge is 2.45. The third kappa shape index (κ3) is 2.31. The molecule has 3 aliphatic rings. The van der Waals surface area contributed by atoms with Gasteiger partial charge in [-0.3, -0.25) is 0 Å². The van der Waals surface area contributed by atoms with Crippen molar-refractivity contribution in [3.05, 3.63) is 17.7 Å². The maximum Gasteiger partial charge on any atom is 0.170 e. The number of rotatable bonds is 2. The van der Waals surface area contributed by atoms with Crippen LogP contribution in [0.2, 0.25) is 0 Å². The molecule has 1 saturated carbocycles. The van der Waals surface area contributed by atoms with Crippen LogP contribution in [-0.2, 0) is 22.3 Å².